The molecule has 7 heteroatoms. The molecule has 5 rings (SSSR count). The molecule has 0 aromatic rings. The van der Waals surface area contributed by atoms with Crippen LogP contribution in [0.5, 0.6) is 0 Å². The normalized spacial score (nSPS) is 34.8. The summed E-state index contributed by atoms with van der Waals surface area (Å²) in [5.74, 6) is -0.530. The van der Waals surface area contributed by atoms with E-state index in [4.69, 9.17) is 14.2 Å². The molecule has 294 valence electrons. The second-order valence-electron chi connectivity index (χ2n) is 16.2. The Bertz CT molecular complexity index is 1560. The third-order valence-corrected chi connectivity index (χ3v) is 12.7. The zero-order valence-electron chi connectivity index (χ0n) is 33.1. The van der Waals surface area contributed by atoms with Gasteiger partial charge in [0.2, 0.25) is 5.78 Å². The summed E-state index contributed by atoms with van der Waals surface area (Å²) in [6.45, 7) is 8.07. The Kier molecular flexibility index (Phi) is 15.1. The Morgan fingerprint density at radius 3 is 2.13 bits per heavy atom. The molecule has 3 saturated carbocycles. The molecule has 0 spiro atoms. The molecule has 0 aromatic carbocycles. The fourth-order valence-corrected chi connectivity index (χ4v) is 10.2. The van der Waals surface area contributed by atoms with E-state index in [0.29, 0.717) is 25.7 Å². The number of carbonyl (C=O) groups excluding carboxylic acids is 3. The molecule has 0 aromatic heterocycles. The van der Waals surface area contributed by atoms with E-state index in [1.54, 1.807) is 12.2 Å². The maximum absolute atomic E-state index is 14.4. The standard InChI is InChI=1S/C47H64O7/c1-5-7-8-9-10-11-12-13-14-15-16-17-18-19-20-21-22-23-24-26-42(51)52-34-40(50)47-41(53-43(54-47)25-6-2)32-38-37-28-27-35-31-36(48)29-30-45(35,3)44(37)39(49)33-46(38,47)4/h7-8,10-11,13-14,16-17,19-20,22-23,29-31,37-39,41,43-44,49H,5-6,9,12,15,18,21,24-28,32-34H2,1-4H3/b8-7-,11-10-,14-13-,17-16-,20-19-,23-22-/t37?,38?,39-,41+,43?,44?,45-,46-,47+/m0/s1. The average molecular weight is 741 g/mol. The van der Waals surface area contributed by atoms with E-state index in [1.807, 2.05) is 18.2 Å². The monoisotopic (exact) mass is 740 g/mol. The zero-order chi connectivity index (χ0) is 38.6. The lowest BCUT2D eigenvalue weighted by Crippen LogP contribution is -2.63. The molecule has 1 N–H and O–H groups in total. The van der Waals surface area contributed by atoms with Crippen LogP contribution in [-0.4, -0.2) is 53.3 Å². The van der Waals surface area contributed by atoms with Crippen LogP contribution in [0.2, 0.25) is 0 Å². The first kappa shape index (κ1) is 41.8. The maximum Gasteiger partial charge on any atom is 0.306 e. The number of rotatable bonds is 19. The lowest BCUT2D eigenvalue weighted by atomic mass is 9.46. The molecule has 0 radical (unpaired) electrons. The summed E-state index contributed by atoms with van der Waals surface area (Å²) in [7, 11) is 0. The molecule has 5 aliphatic rings. The quantitative estimate of drug-likeness (QED) is 0.104. The van der Waals surface area contributed by atoms with Crippen molar-refractivity contribution >= 4 is 17.5 Å². The van der Waals surface area contributed by atoms with Crippen LogP contribution in [0.25, 0.3) is 0 Å². The summed E-state index contributed by atoms with van der Waals surface area (Å²) < 4.78 is 18.8. The van der Waals surface area contributed by atoms with E-state index in [9.17, 15) is 19.5 Å². The predicted octanol–water partition coefficient (Wildman–Crippen LogP) is 9.75. The van der Waals surface area contributed by atoms with Gasteiger partial charge in [-0.25, -0.2) is 0 Å². The molecule has 54 heavy (non-hydrogen) atoms. The number of hydrogen-bond acceptors (Lipinski definition) is 7. The van der Waals surface area contributed by atoms with Crippen molar-refractivity contribution in [1.29, 1.82) is 0 Å². The Hall–Kier alpha value is -3.39. The largest absolute Gasteiger partial charge is 0.458 e. The summed E-state index contributed by atoms with van der Waals surface area (Å²) in [6.07, 6.45) is 40.1. The lowest BCUT2D eigenvalue weighted by molar-refractivity contribution is -0.201. The second-order valence-corrected chi connectivity index (χ2v) is 16.2. The van der Waals surface area contributed by atoms with Crippen LogP contribution in [0.1, 0.15) is 118 Å². The number of carbonyl (C=O) groups is 3. The average Bonchev–Trinajstić information content (AvgIpc) is 3.63. The first-order valence-electron chi connectivity index (χ1n) is 20.6. The SMILES string of the molecule is CC/C=C\C/C=C\C/C=C\C/C=C\C/C=C\C/C=C\CCC(=O)OCC(=O)[C@@]12OC(CCC)O[C@@H]1CC1C3CCC4=CC(=O)C=C[C@]4(C)C3[C@@H](O)C[C@@]12C. The van der Waals surface area contributed by atoms with Crippen LogP contribution in [0.15, 0.2) is 96.7 Å². The topological polar surface area (TPSA) is 99.1 Å². The highest BCUT2D eigenvalue weighted by Crippen LogP contribution is 2.69. The van der Waals surface area contributed by atoms with Gasteiger partial charge in [0.05, 0.1) is 12.2 Å². The van der Waals surface area contributed by atoms with Crippen molar-refractivity contribution in [1.82, 2.24) is 0 Å². The van der Waals surface area contributed by atoms with Gasteiger partial charge < -0.3 is 19.3 Å². The number of Topliss-reactive ketones (excluding diaryl/α,β-unsaturated/α-hetero) is 1. The second kappa shape index (κ2) is 19.5. The van der Waals surface area contributed by atoms with Crippen LogP contribution in [0.3, 0.4) is 0 Å². The number of aliphatic hydroxyl groups is 1. The molecule has 4 aliphatic carbocycles. The summed E-state index contributed by atoms with van der Waals surface area (Å²) >= 11 is 0. The van der Waals surface area contributed by atoms with E-state index >= 15 is 0 Å². The minimum Gasteiger partial charge on any atom is -0.458 e. The fourth-order valence-electron chi connectivity index (χ4n) is 10.2. The summed E-state index contributed by atoms with van der Waals surface area (Å²) in [4.78, 5) is 39.4. The van der Waals surface area contributed by atoms with E-state index in [2.05, 4.69) is 88.5 Å². The van der Waals surface area contributed by atoms with Crippen LogP contribution in [0.4, 0.5) is 0 Å². The summed E-state index contributed by atoms with van der Waals surface area (Å²) in [6, 6.07) is 0. The molecule has 7 nitrogen and oxygen atoms in total. The molecule has 1 saturated heterocycles. The highest BCUT2D eigenvalue weighted by atomic mass is 16.7. The van der Waals surface area contributed by atoms with Crippen molar-refractivity contribution in [3.8, 4) is 0 Å². The van der Waals surface area contributed by atoms with Gasteiger partial charge in [0, 0.05) is 23.2 Å². The molecule has 0 amide bonds. The molecule has 4 fully saturated rings. The Balaban J connectivity index is 1.08. The molecular formula is C47H64O7. The van der Waals surface area contributed by atoms with Gasteiger partial charge in [-0.05, 0) is 101 Å². The van der Waals surface area contributed by atoms with Gasteiger partial charge in [-0.2, -0.15) is 0 Å². The van der Waals surface area contributed by atoms with E-state index in [-0.39, 0.29) is 42.3 Å². The van der Waals surface area contributed by atoms with E-state index < -0.39 is 40.9 Å². The number of hydrogen-bond donors (Lipinski definition) is 1. The van der Waals surface area contributed by atoms with Gasteiger partial charge in [-0.15, -0.1) is 0 Å². The van der Waals surface area contributed by atoms with Gasteiger partial charge in [0.1, 0.15) is 0 Å². The molecule has 0 bridgehead atoms. The molecule has 1 aliphatic heterocycles. The van der Waals surface area contributed by atoms with E-state index in [0.717, 1.165) is 63.4 Å². The summed E-state index contributed by atoms with van der Waals surface area (Å²) in [5, 5.41) is 11.9. The smallest absolute Gasteiger partial charge is 0.306 e. The van der Waals surface area contributed by atoms with Crippen LogP contribution in [0, 0.1) is 28.6 Å². The number of fused-ring (bicyclic) bond motifs is 7. The third kappa shape index (κ3) is 9.17. The third-order valence-electron chi connectivity index (χ3n) is 12.7. The van der Waals surface area contributed by atoms with Crippen LogP contribution < -0.4 is 0 Å². The zero-order valence-corrected chi connectivity index (χ0v) is 33.1. The van der Waals surface area contributed by atoms with Crippen molar-refractivity contribution in [2.45, 2.75) is 142 Å². The first-order chi connectivity index (χ1) is 26.1. The summed E-state index contributed by atoms with van der Waals surface area (Å²) in [5.41, 5.74) is -1.30. The number of ether oxygens (including phenoxy) is 3. The van der Waals surface area contributed by atoms with Crippen LogP contribution >= 0.6 is 0 Å². The minimum atomic E-state index is -1.29. The van der Waals surface area contributed by atoms with Gasteiger partial charge >= 0.3 is 5.97 Å². The van der Waals surface area contributed by atoms with Crippen molar-refractivity contribution in [3.63, 3.8) is 0 Å². The van der Waals surface area contributed by atoms with E-state index in [1.165, 1.54) is 0 Å². The molecular weight excluding hydrogens is 677 g/mol. The van der Waals surface area contributed by atoms with Crippen molar-refractivity contribution < 1.29 is 33.7 Å². The minimum absolute atomic E-state index is 0.00619. The number of ketones is 2. The fraction of sp³-hybridized carbons (Fsp3) is 0.596. The number of aliphatic hydroxyl groups excluding tert-OH is 1. The highest BCUT2D eigenvalue weighted by molar-refractivity contribution is 6.01. The Morgan fingerprint density at radius 1 is 0.907 bits per heavy atom. The van der Waals surface area contributed by atoms with Gasteiger partial charge in [-0.1, -0.05) is 119 Å². The first-order valence-corrected chi connectivity index (χ1v) is 20.6. The van der Waals surface area contributed by atoms with Gasteiger partial charge in [-0.3, -0.25) is 14.4 Å². The predicted molar refractivity (Wildman–Crippen MR) is 214 cm³/mol. The Morgan fingerprint density at radius 2 is 1.52 bits per heavy atom. The van der Waals surface area contributed by atoms with Crippen molar-refractivity contribution in [3.05, 3.63) is 96.7 Å². The van der Waals surface area contributed by atoms with Crippen LogP contribution in [-0.2, 0) is 28.6 Å². The van der Waals surface area contributed by atoms with Gasteiger partial charge in [0.25, 0.3) is 0 Å². The Labute approximate surface area is 324 Å². The highest BCUT2D eigenvalue weighted by Gasteiger charge is 2.75. The maximum atomic E-state index is 14.4. The molecule has 1 heterocycles. The van der Waals surface area contributed by atoms with Crippen molar-refractivity contribution in [2.75, 3.05) is 6.61 Å². The number of allylic oxidation sites excluding steroid dienone is 16. The van der Waals surface area contributed by atoms with Gasteiger partial charge in [0.15, 0.2) is 24.3 Å². The molecule has 9 atom stereocenters. The van der Waals surface area contributed by atoms with Crippen molar-refractivity contribution in [2.24, 2.45) is 28.6 Å². The lowest BCUT2D eigenvalue weighted by Gasteiger charge is -2.59. The molecule has 4 unspecified atom stereocenters. The number of esters is 1.